The molecule has 0 saturated carbocycles. The summed E-state index contributed by atoms with van der Waals surface area (Å²) in [5.41, 5.74) is -0.433. The molecule has 0 bridgehead atoms. The highest BCUT2D eigenvalue weighted by molar-refractivity contribution is 6.14. The zero-order valence-electron chi connectivity index (χ0n) is 19.0. The van der Waals surface area contributed by atoms with Crippen molar-refractivity contribution in [2.75, 3.05) is 0 Å². The lowest BCUT2D eigenvalue weighted by molar-refractivity contribution is -0.149. The van der Waals surface area contributed by atoms with Crippen LogP contribution in [0.15, 0.2) is 0 Å². The van der Waals surface area contributed by atoms with Crippen LogP contribution in [0.25, 0.3) is 0 Å². The maximum atomic E-state index is 11.6. The van der Waals surface area contributed by atoms with Crippen LogP contribution in [0, 0.1) is 27.6 Å². The van der Waals surface area contributed by atoms with Crippen LogP contribution in [0.5, 0.6) is 0 Å². The number of hydrogen-bond acceptors (Lipinski definition) is 2. The largest absolute Gasteiger partial charge is 0.481 e. The van der Waals surface area contributed by atoms with Gasteiger partial charge in [-0.1, -0.05) is 87.9 Å². The lowest BCUT2D eigenvalue weighted by atomic mass is 9.54. The van der Waals surface area contributed by atoms with Gasteiger partial charge in [0.05, 0.1) is 26.0 Å². The number of carboxylic acid groups (broad SMARTS) is 1. The minimum atomic E-state index is -0.744. The number of ether oxygens (including phenoxy) is 1. The van der Waals surface area contributed by atoms with Crippen LogP contribution >= 0.6 is 0 Å². The topological polar surface area (TPSA) is 49.8 Å². The third kappa shape index (κ3) is 4.66. The van der Waals surface area contributed by atoms with E-state index in [1.165, 1.54) is 0 Å². The molecule has 2 radical (unpaired) electrons. The second-order valence-corrected chi connectivity index (χ2v) is 11.7. The molecule has 1 heterocycles. The maximum Gasteiger partial charge on any atom is 0.306 e. The van der Waals surface area contributed by atoms with Gasteiger partial charge >= 0.3 is 5.97 Å². The summed E-state index contributed by atoms with van der Waals surface area (Å²) in [7, 11) is 6.29. The Balaban J connectivity index is 2.89. The first-order chi connectivity index (χ1) is 11.3. The molecule has 4 heteroatoms. The van der Waals surface area contributed by atoms with Gasteiger partial charge in [-0.25, -0.2) is 0 Å². The van der Waals surface area contributed by atoms with Crippen LogP contribution in [-0.2, 0) is 9.53 Å². The van der Waals surface area contributed by atoms with Crippen molar-refractivity contribution in [1.29, 1.82) is 0 Å². The third-order valence-corrected chi connectivity index (χ3v) is 7.85. The van der Waals surface area contributed by atoms with Gasteiger partial charge in [0.25, 0.3) is 0 Å². The van der Waals surface area contributed by atoms with Crippen LogP contribution in [0.1, 0.15) is 89.0 Å². The van der Waals surface area contributed by atoms with E-state index in [1.807, 2.05) is 0 Å². The van der Waals surface area contributed by atoms with Crippen molar-refractivity contribution in [3.05, 3.63) is 0 Å². The van der Waals surface area contributed by atoms with Crippen LogP contribution < -0.4 is 0 Å². The Morgan fingerprint density at radius 3 is 1.85 bits per heavy atom. The van der Waals surface area contributed by atoms with E-state index in [9.17, 15) is 9.90 Å². The summed E-state index contributed by atoms with van der Waals surface area (Å²) in [6.45, 7) is 23.6. The number of epoxide rings is 1. The number of rotatable bonds is 9. The molecule has 0 aromatic rings. The minimum absolute atomic E-state index is 0.0711. The second kappa shape index (κ2) is 6.83. The van der Waals surface area contributed by atoms with Crippen molar-refractivity contribution in [3.63, 3.8) is 0 Å². The average Bonchev–Trinajstić information content (AvgIpc) is 3.13. The molecule has 3 atom stereocenters. The molecule has 0 aliphatic carbocycles. The van der Waals surface area contributed by atoms with Gasteiger partial charge in [-0.05, 0) is 28.1 Å². The highest BCUT2D eigenvalue weighted by Crippen LogP contribution is 2.58. The van der Waals surface area contributed by atoms with Crippen LogP contribution in [0.4, 0.5) is 0 Å². The molecule has 3 nitrogen and oxygen atoms in total. The normalized spacial score (nSPS) is 23.7. The van der Waals surface area contributed by atoms with E-state index in [0.29, 0.717) is 0 Å². The van der Waals surface area contributed by atoms with E-state index in [0.717, 1.165) is 12.8 Å². The molecular weight excluding hydrogens is 323 g/mol. The molecule has 3 unspecified atom stereocenters. The summed E-state index contributed by atoms with van der Waals surface area (Å²) in [5, 5.41) is 9.29. The Labute approximate surface area is 163 Å². The Bertz CT molecular complexity index is 526. The zero-order chi connectivity index (χ0) is 20.9. The molecule has 1 aliphatic rings. The molecule has 0 spiro atoms. The first kappa shape index (κ1) is 23.5. The third-order valence-electron chi connectivity index (χ3n) is 7.85. The van der Waals surface area contributed by atoms with Gasteiger partial charge in [0.15, 0.2) is 0 Å². The number of carbonyl (C=O) groups is 1. The fourth-order valence-corrected chi connectivity index (χ4v) is 4.32. The molecule has 1 N–H and O–H groups in total. The van der Waals surface area contributed by atoms with Gasteiger partial charge in [-0.15, -0.1) is 0 Å². The van der Waals surface area contributed by atoms with Crippen molar-refractivity contribution in [1.82, 2.24) is 0 Å². The zero-order valence-corrected chi connectivity index (χ0v) is 19.0. The maximum absolute atomic E-state index is 11.6. The quantitative estimate of drug-likeness (QED) is 0.420. The molecule has 0 aromatic carbocycles. The van der Waals surface area contributed by atoms with E-state index < -0.39 is 11.9 Å². The molecule has 0 amide bonds. The van der Waals surface area contributed by atoms with Crippen molar-refractivity contribution < 1.29 is 14.6 Å². The fourth-order valence-electron chi connectivity index (χ4n) is 4.32. The lowest BCUT2D eigenvalue weighted by Gasteiger charge is -2.46. The van der Waals surface area contributed by atoms with Gasteiger partial charge in [-0.2, -0.15) is 0 Å². The highest BCUT2D eigenvalue weighted by atomic mass is 16.6. The smallest absolute Gasteiger partial charge is 0.306 e. The second-order valence-electron chi connectivity index (χ2n) is 11.7. The molecule has 26 heavy (non-hydrogen) atoms. The van der Waals surface area contributed by atoms with Gasteiger partial charge in [-0.3, -0.25) is 4.79 Å². The van der Waals surface area contributed by atoms with Gasteiger partial charge in [0.2, 0.25) is 0 Å². The summed E-state index contributed by atoms with van der Waals surface area (Å²) >= 11 is 0. The number of aliphatic carboxylic acids is 1. The van der Waals surface area contributed by atoms with Crippen molar-refractivity contribution in [3.8, 4) is 0 Å². The molecule has 1 fully saturated rings. The first-order valence-electron chi connectivity index (χ1n) is 9.93. The molecule has 1 saturated heterocycles. The van der Waals surface area contributed by atoms with E-state index in [4.69, 9.17) is 12.6 Å². The fraction of sp³-hybridized carbons (Fsp3) is 0.955. The predicted octanol–water partition coefficient (Wildman–Crippen LogP) is 5.73. The summed E-state index contributed by atoms with van der Waals surface area (Å²) in [6.07, 6.45) is 2.18. The molecular formula is C22H41BO3. The predicted molar refractivity (Wildman–Crippen MR) is 110 cm³/mol. The van der Waals surface area contributed by atoms with Crippen LogP contribution in [0.3, 0.4) is 0 Å². The number of carboxylic acids is 1. The molecule has 1 rings (SSSR count). The summed E-state index contributed by atoms with van der Waals surface area (Å²) < 4.78 is 6.13. The first-order valence-corrected chi connectivity index (χ1v) is 9.93. The Morgan fingerprint density at radius 2 is 1.46 bits per heavy atom. The Morgan fingerprint density at radius 1 is 1.00 bits per heavy atom. The molecule has 1 aliphatic heterocycles. The Kier molecular flexibility index (Phi) is 6.18. The highest BCUT2D eigenvalue weighted by Gasteiger charge is 2.59. The molecule has 0 aromatic heterocycles. The summed E-state index contributed by atoms with van der Waals surface area (Å²) in [5.74, 6) is -1.17. The number of hydrogen-bond donors (Lipinski definition) is 1. The van der Waals surface area contributed by atoms with Gasteiger partial charge in [0.1, 0.15) is 0 Å². The molecule has 150 valence electrons. The van der Waals surface area contributed by atoms with Gasteiger partial charge in [0, 0.05) is 0 Å². The average molecular weight is 364 g/mol. The van der Waals surface area contributed by atoms with Crippen molar-refractivity contribution in [2.24, 2.45) is 27.6 Å². The van der Waals surface area contributed by atoms with E-state index in [2.05, 4.69) is 69.2 Å². The summed E-state index contributed by atoms with van der Waals surface area (Å²) in [4.78, 5) is 11.6. The van der Waals surface area contributed by atoms with Crippen LogP contribution in [-0.4, -0.2) is 31.1 Å². The minimum Gasteiger partial charge on any atom is -0.481 e. The van der Waals surface area contributed by atoms with E-state index >= 15 is 0 Å². The standard InChI is InChI=1S/C22H41BO3/c1-14(17(24)25)21(8,9)22(10,11)16-15(26-16)12-18(2,3)19(4,5)13-20(6,7)23/h14-16H,12-13H2,1-11H3,(H,24,25). The van der Waals surface area contributed by atoms with E-state index in [-0.39, 0.29) is 39.2 Å². The van der Waals surface area contributed by atoms with E-state index in [1.54, 1.807) is 6.92 Å². The monoisotopic (exact) mass is 364 g/mol. The lowest BCUT2D eigenvalue weighted by Crippen LogP contribution is -2.45. The van der Waals surface area contributed by atoms with Crippen molar-refractivity contribution >= 4 is 13.8 Å². The SMILES string of the molecule is [B]C(C)(C)CC(C)(C)C(C)(C)CC1OC1C(C)(C)C(C)(C)C(C)C(=O)O. The summed E-state index contributed by atoms with van der Waals surface area (Å²) in [6, 6.07) is 0. The van der Waals surface area contributed by atoms with Crippen LogP contribution in [0.2, 0.25) is 5.31 Å². The Hall–Kier alpha value is -0.505. The van der Waals surface area contributed by atoms with Crippen molar-refractivity contribution in [2.45, 2.75) is 107 Å². The van der Waals surface area contributed by atoms with Gasteiger partial charge < -0.3 is 9.84 Å².